The van der Waals surface area contributed by atoms with Gasteiger partial charge in [0.2, 0.25) is 5.91 Å². The van der Waals surface area contributed by atoms with E-state index in [1.165, 1.54) is 37.9 Å². The number of amides is 1. The molecule has 0 atom stereocenters. The summed E-state index contributed by atoms with van der Waals surface area (Å²) in [5, 5.41) is 4.08. The van der Waals surface area contributed by atoms with E-state index in [-0.39, 0.29) is 5.91 Å². The van der Waals surface area contributed by atoms with Crippen molar-refractivity contribution in [3.05, 3.63) is 51.7 Å². The molecule has 2 aliphatic heterocycles. The quantitative estimate of drug-likeness (QED) is 0.823. The lowest BCUT2D eigenvalue weighted by Crippen LogP contribution is -2.33. The molecule has 2 aromatic rings. The molecule has 5 heteroatoms. The molecule has 1 saturated heterocycles. The number of carbonyl (C=O) groups excluding carboxylic acids is 1. The highest BCUT2D eigenvalue weighted by molar-refractivity contribution is 7.08. The number of benzene rings is 1. The zero-order valence-corrected chi connectivity index (χ0v) is 16.0. The highest BCUT2D eigenvalue weighted by Gasteiger charge is 2.21. The van der Waals surface area contributed by atoms with E-state index in [1.54, 1.807) is 11.3 Å². The number of thiophene rings is 1. The Morgan fingerprint density at radius 3 is 2.77 bits per heavy atom. The lowest BCUT2D eigenvalue weighted by atomic mass is 10.1. The predicted octanol–water partition coefficient (Wildman–Crippen LogP) is 3.70. The third-order valence-corrected chi connectivity index (χ3v) is 5.98. The van der Waals surface area contributed by atoms with Crippen molar-refractivity contribution in [2.24, 2.45) is 0 Å². The third kappa shape index (κ3) is 4.27. The second kappa shape index (κ2) is 8.23. The first kappa shape index (κ1) is 17.6. The first-order valence-corrected chi connectivity index (χ1v) is 10.5. The maximum atomic E-state index is 12.7. The highest BCUT2D eigenvalue weighted by atomic mass is 32.1. The molecular formula is C21H26N2O2S. The van der Waals surface area contributed by atoms with Crippen LogP contribution in [0, 0.1) is 0 Å². The van der Waals surface area contributed by atoms with Gasteiger partial charge in [-0.1, -0.05) is 12.5 Å². The Morgan fingerprint density at radius 2 is 1.96 bits per heavy atom. The van der Waals surface area contributed by atoms with Gasteiger partial charge >= 0.3 is 0 Å². The Kier molecular flexibility index (Phi) is 5.56. The molecule has 4 rings (SSSR count). The Hall–Kier alpha value is -1.85. The number of carbonyl (C=O) groups is 1. The van der Waals surface area contributed by atoms with Crippen LogP contribution in [0.25, 0.3) is 0 Å². The minimum atomic E-state index is 0.182. The van der Waals surface area contributed by atoms with E-state index >= 15 is 0 Å². The fourth-order valence-electron chi connectivity index (χ4n) is 3.81. The average molecular weight is 371 g/mol. The largest absolute Gasteiger partial charge is 0.491 e. The third-order valence-electron chi connectivity index (χ3n) is 5.25. The van der Waals surface area contributed by atoms with Gasteiger partial charge in [-0.05, 0) is 66.0 Å². The van der Waals surface area contributed by atoms with Crippen LogP contribution in [0.3, 0.4) is 0 Å². The fourth-order valence-corrected chi connectivity index (χ4v) is 4.48. The maximum absolute atomic E-state index is 12.7. The van der Waals surface area contributed by atoms with Crippen LogP contribution >= 0.6 is 11.3 Å². The topological polar surface area (TPSA) is 32.8 Å². The van der Waals surface area contributed by atoms with Crippen LogP contribution in [0.5, 0.6) is 5.75 Å². The molecule has 0 radical (unpaired) electrons. The SMILES string of the molecule is O=C(Cc1ccsc1)N1CCOc2ccc(CN3CCCCC3)cc2C1. The van der Waals surface area contributed by atoms with Crippen LogP contribution in [-0.2, 0) is 24.3 Å². The van der Waals surface area contributed by atoms with Gasteiger partial charge in [0.1, 0.15) is 12.4 Å². The number of fused-ring (bicyclic) bond motifs is 1. The minimum Gasteiger partial charge on any atom is -0.491 e. The summed E-state index contributed by atoms with van der Waals surface area (Å²) in [7, 11) is 0. The molecule has 1 amide bonds. The van der Waals surface area contributed by atoms with Gasteiger partial charge in [0, 0.05) is 18.7 Å². The second-order valence-electron chi connectivity index (χ2n) is 7.25. The van der Waals surface area contributed by atoms with Crippen molar-refractivity contribution in [3.8, 4) is 5.75 Å². The monoisotopic (exact) mass is 370 g/mol. The fraction of sp³-hybridized carbons (Fsp3) is 0.476. The number of piperidine rings is 1. The Morgan fingerprint density at radius 1 is 1.08 bits per heavy atom. The van der Waals surface area contributed by atoms with Crippen LogP contribution in [0.4, 0.5) is 0 Å². The summed E-state index contributed by atoms with van der Waals surface area (Å²) < 4.78 is 5.90. The summed E-state index contributed by atoms with van der Waals surface area (Å²) in [6, 6.07) is 8.53. The van der Waals surface area contributed by atoms with Crippen molar-refractivity contribution in [3.63, 3.8) is 0 Å². The van der Waals surface area contributed by atoms with E-state index in [1.807, 2.05) is 16.3 Å². The Labute approximate surface area is 159 Å². The van der Waals surface area contributed by atoms with Crippen molar-refractivity contribution < 1.29 is 9.53 Å². The zero-order chi connectivity index (χ0) is 17.8. The number of rotatable bonds is 4. The molecule has 138 valence electrons. The van der Waals surface area contributed by atoms with E-state index < -0.39 is 0 Å². The molecule has 4 nitrogen and oxygen atoms in total. The van der Waals surface area contributed by atoms with Gasteiger partial charge in [-0.2, -0.15) is 11.3 Å². The summed E-state index contributed by atoms with van der Waals surface area (Å²) in [5.74, 6) is 1.11. The molecule has 0 N–H and O–H groups in total. The van der Waals surface area contributed by atoms with Crippen LogP contribution < -0.4 is 4.74 Å². The molecule has 0 aliphatic carbocycles. The van der Waals surface area contributed by atoms with Gasteiger partial charge in [-0.25, -0.2) is 0 Å². The molecule has 0 unspecified atom stereocenters. The number of ether oxygens (including phenoxy) is 1. The first-order chi connectivity index (χ1) is 12.8. The molecule has 0 spiro atoms. The molecule has 1 fully saturated rings. The van der Waals surface area contributed by atoms with Crippen LogP contribution in [0.2, 0.25) is 0 Å². The second-order valence-corrected chi connectivity index (χ2v) is 8.03. The molecule has 0 saturated carbocycles. The highest BCUT2D eigenvalue weighted by Crippen LogP contribution is 2.26. The van der Waals surface area contributed by atoms with Crippen molar-refractivity contribution >= 4 is 17.2 Å². The molecule has 0 bridgehead atoms. The van der Waals surface area contributed by atoms with Crippen molar-refractivity contribution in [1.29, 1.82) is 0 Å². The van der Waals surface area contributed by atoms with E-state index in [9.17, 15) is 4.79 Å². The van der Waals surface area contributed by atoms with Crippen LogP contribution in [0.15, 0.2) is 35.0 Å². The molecule has 26 heavy (non-hydrogen) atoms. The van der Waals surface area contributed by atoms with Crippen molar-refractivity contribution in [1.82, 2.24) is 9.80 Å². The van der Waals surface area contributed by atoms with E-state index in [0.717, 1.165) is 23.4 Å². The normalized spacial score (nSPS) is 18.1. The molecule has 1 aromatic heterocycles. The van der Waals surface area contributed by atoms with Gasteiger partial charge < -0.3 is 9.64 Å². The van der Waals surface area contributed by atoms with Crippen LogP contribution in [-0.4, -0.2) is 41.9 Å². The average Bonchev–Trinajstić information content (AvgIpc) is 3.07. The van der Waals surface area contributed by atoms with Gasteiger partial charge in [0.25, 0.3) is 0 Å². The van der Waals surface area contributed by atoms with E-state index in [2.05, 4.69) is 28.5 Å². The molecule has 3 heterocycles. The Bertz CT molecular complexity index is 738. The minimum absolute atomic E-state index is 0.182. The lowest BCUT2D eigenvalue weighted by molar-refractivity contribution is -0.131. The van der Waals surface area contributed by atoms with Gasteiger partial charge in [0.05, 0.1) is 13.0 Å². The number of likely N-dealkylation sites (tertiary alicyclic amines) is 1. The van der Waals surface area contributed by atoms with Crippen LogP contribution in [0.1, 0.15) is 36.0 Å². The van der Waals surface area contributed by atoms with Crippen molar-refractivity contribution in [2.75, 3.05) is 26.2 Å². The molecular weight excluding hydrogens is 344 g/mol. The predicted molar refractivity (Wildman–Crippen MR) is 105 cm³/mol. The van der Waals surface area contributed by atoms with E-state index in [0.29, 0.717) is 26.1 Å². The van der Waals surface area contributed by atoms with E-state index in [4.69, 9.17) is 4.74 Å². The van der Waals surface area contributed by atoms with Gasteiger partial charge in [0.15, 0.2) is 0 Å². The standard InChI is InChI=1S/C21H26N2O2S/c24-21(13-18-6-11-26-16-18)23-9-10-25-20-5-4-17(12-19(20)15-23)14-22-7-2-1-3-8-22/h4-6,11-12,16H,1-3,7-10,13-15H2. The molecule has 1 aromatic carbocycles. The summed E-state index contributed by atoms with van der Waals surface area (Å²) in [6.07, 6.45) is 4.44. The smallest absolute Gasteiger partial charge is 0.227 e. The number of hydrogen-bond donors (Lipinski definition) is 0. The summed E-state index contributed by atoms with van der Waals surface area (Å²) in [4.78, 5) is 17.2. The van der Waals surface area contributed by atoms with Gasteiger partial charge in [-0.3, -0.25) is 9.69 Å². The van der Waals surface area contributed by atoms with Crippen molar-refractivity contribution in [2.45, 2.75) is 38.8 Å². The Balaban J connectivity index is 1.45. The maximum Gasteiger partial charge on any atom is 0.227 e. The summed E-state index contributed by atoms with van der Waals surface area (Å²) in [5.41, 5.74) is 3.56. The summed E-state index contributed by atoms with van der Waals surface area (Å²) >= 11 is 1.64. The number of hydrogen-bond acceptors (Lipinski definition) is 4. The van der Waals surface area contributed by atoms with Gasteiger partial charge in [-0.15, -0.1) is 0 Å². The molecule has 2 aliphatic rings. The summed E-state index contributed by atoms with van der Waals surface area (Å²) in [6.45, 7) is 5.24. The first-order valence-electron chi connectivity index (χ1n) is 9.54. The number of nitrogens with zero attached hydrogens (tertiary/aromatic N) is 2. The zero-order valence-electron chi connectivity index (χ0n) is 15.2. The lowest BCUT2D eigenvalue weighted by Gasteiger charge is -2.26.